The van der Waals surface area contributed by atoms with Crippen LogP contribution in [-0.4, -0.2) is 114 Å². The number of halogens is 3. The molecule has 47 heavy (non-hydrogen) atoms. The fourth-order valence-corrected chi connectivity index (χ4v) is 4.32. The number of likely N-dealkylation sites (N-methyl/N-ethyl adjacent to an activating group) is 1. The fourth-order valence-electron chi connectivity index (χ4n) is 4.32. The van der Waals surface area contributed by atoms with Gasteiger partial charge in [0.2, 0.25) is 0 Å². The van der Waals surface area contributed by atoms with Crippen LogP contribution in [0.2, 0.25) is 0 Å². The van der Waals surface area contributed by atoms with Gasteiger partial charge < -0.3 is 61.2 Å². The minimum atomic E-state index is -5.19. The van der Waals surface area contributed by atoms with Crippen molar-refractivity contribution in [3.05, 3.63) is 29.6 Å². The Kier molecular flexibility index (Phi) is 35.3. The maximum atomic E-state index is 12.0. The van der Waals surface area contributed by atoms with Crippen LogP contribution in [0.5, 0.6) is 0 Å². The number of carbonyl (C=O) groups is 3. The second-order valence-corrected chi connectivity index (χ2v) is 10.3. The largest absolute Gasteiger partial charge is 1.00 e. The Morgan fingerprint density at radius 3 is 1.72 bits per heavy atom. The third-order valence-corrected chi connectivity index (χ3v) is 6.61. The van der Waals surface area contributed by atoms with Crippen LogP contribution in [0.15, 0.2) is 18.2 Å². The Bertz CT molecular complexity index is 1010. The first-order valence-corrected chi connectivity index (χ1v) is 14.4. The molecule has 0 aliphatic carbocycles. The van der Waals surface area contributed by atoms with Crippen molar-refractivity contribution >= 4 is 24.2 Å². The Labute approximate surface area is 359 Å². The van der Waals surface area contributed by atoms with Crippen molar-refractivity contribution in [3.63, 3.8) is 0 Å². The van der Waals surface area contributed by atoms with Crippen LogP contribution < -0.4 is 130 Å². The molecular formula is C28H46F3K2N6O8-. The molecule has 14 nitrogen and oxygen atoms in total. The van der Waals surface area contributed by atoms with Gasteiger partial charge in [0.05, 0.1) is 30.4 Å². The molecule has 0 saturated carbocycles. The summed E-state index contributed by atoms with van der Waals surface area (Å²) in [6.45, 7) is 6.50. The Morgan fingerprint density at radius 1 is 0.894 bits per heavy atom. The quantitative estimate of drug-likeness (QED) is 0.116. The van der Waals surface area contributed by atoms with Gasteiger partial charge in [-0.1, -0.05) is 18.5 Å². The van der Waals surface area contributed by atoms with Gasteiger partial charge in [-0.3, -0.25) is 9.88 Å². The monoisotopic (exact) mass is 729 g/mol. The van der Waals surface area contributed by atoms with Crippen LogP contribution >= 0.6 is 0 Å². The van der Waals surface area contributed by atoms with E-state index in [0.717, 1.165) is 83.1 Å². The minimum Gasteiger partial charge on any atom is -0.870 e. The molecule has 2 heterocycles. The van der Waals surface area contributed by atoms with Gasteiger partial charge in [0, 0.05) is 51.3 Å². The van der Waals surface area contributed by atoms with Gasteiger partial charge in [-0.2, -0.15) is 13.2 Å². The third kappa shape index (κ3) is 26.5. The first kappa shape index (κ1) is 53.8. The molecule has 2 bridgehead atoms. The smallest absolute Gasteiger partial charge is 0.870 e. The zero-order valence-corrected chi connectivity index (χ0v) is 34.2. The van der Waals surface area contributed by atoms with Crippen LogP contribution in [-0.2, 0) is 32.3 Å². The minimum absolute atomic E-state index is 0. The van der Waals surface area contributed by atoms with Crippen LogP contribution in [0.3, 0.4) is 0 Å². The van der Waals surface area contributed by atoms with Gasteiger partial charge in [0.15, 0.2) is 0 Å². The van der Waals surface area contributed by atoms with Crippen LogP contribution in [0.1, 0.15) is 56.8 Å². The first-order chi connectivity index (χ1) is 20.7. The summed E-state index contributed by atoms with van der Waals surface area (Å²) in [4.78, 5) is 52.6. The van der Waals surface area contributed by atoms with E-state index in [1.807, 2.05) is 30.1 Å². The standard InChI is InChI=1S/C24H41N6O3.C2HF3O2.C2H4O2.2K.H2O/c1-28-13-15-29(22(19-31)9-2-4-11-25)17-20-7-6-8-21(27-20)18-30(16-14-28)23(24(32)33)10-3-5-12-26;3-2(4,5)1(6)7;1-2(3)4;;;/h6-8,22-23H,2-5,9-18,25-26H2,1H3,(H,32,33);(H,6,7);1H3,(H,3,4);;;1H2/q-1;;;2*+1;/p-2. The van der Waals surface area contributed by atoms with E-state index in [1.54, 1.807) is 0 Å². The molecule has 260 valence electrons. The predicted octanol–water partition coefficient (Wildman–Crippen LogP) is -10.1. The molecule has 0 fully saturated rings. The SMILES string of the molecule is CC(=O)[O-].CN1CCN(C([C-]=O)CCCC[NH3+])Cc2cccc(n2)CN(C(CCCC[NH3+])C(=O)[O-])CC1.O=C([O-])C(F)(F)F.[K+].[K+].[OH-]. The number of pyridine rings is 1. The van der Waals surface area contributed by atoms with Crippen molar-refractivity contribution < 1.29 is 167 Å². The number of unbranched alkanes of at least 4 members (excludes halogenated alkanes) is 2. The summed E-state index contributed by atoms with van der Waals surface area (Å²) in [7, 11) is 2.04. The van der Waals surface area contributed by atoms with Gasteiger partial charge >= 0.3 is 109 Å². The number of carboxylic acid groups (broad SMARTS) is 3. The van der Waals surface area contributed by atoms with E-state index in [9.17, 15) is 27.9 Å². The molecule has 1 aromatic rings. The number of carbonyl (C=O) groups excluding carboxylic acids is 4. The van der Waals surface area contributed by atoms with Crippen LogP contribution in [0.25, 0.3) is 0 Å². The average Bonchev–Trinajstić information content (AvgIpc) is 2.93. The van der Waals surface area contributed by atoms with E-state index in [0.29, 0.717) is 26.1 Å². The zero-order valence-electron chi connectivity index (χ0n) is 27.9. The van der Waals surface area contributed by atoms with Gasteiger partial charge in [-0.05, 0) is 58.2 Å². The topological polar surface area (TPSA) is 245 Å². The fraction of sp³-hybridized carbons (Fsp3) is 0.679. The second-order valence-electron chi connectivity index (χ2n) is 10.3. The number of hydrogen-bond donors (Lipinski definition) is 2. The van der Waals surface area contributed by atoms with E-state index in [4.69, 9.17) is 24.8 Å². The molecule has 1 aliphatic rings. The normalized spacial score (nSPS) is 15.4. The number of nitrogens with zero attached hydrogens (tertiary/aromatic N) is 4. The molecule has 0 saturated heterocycles. The van der Waals surface area contributed by atoms with Crippen molar-refractivity contribution in [2.24, 2.45) is 0 Å². The number of aliphatic carboxylic acids is 3. The second kappa shape index (κ2) is 30.8. The van der Waals surface area contributed by atoms with Crippen molar-refractivity contribution in [1.29, 1.82) is 0 Å². The van der Waals surface area contributed by atoms with Crippen molar-refractivity contribution in [2.45, 2.75) is 76.8 Å². The summed E-state index contributed by atoms with van der Waals surface area (Å²) < 4.78 is 31.5. The molecule has 1 aliphatic heterocycles. The number of quaternary nitrogens is 2. The van der Waals surface area contributed by atoms with E-state index in [-0.39, 0.29) is 114 Å². The molecule has 0 spiro atoms. The molecule has 1 aromatic heterocycles. The maximum absolute atomic E-state index is 12.0. The summed E-state index contributed by atoms with van der Waals surface area (Å²) >= 11 is 0. The predicted molar refractivity (Wildman–Crippen MR) is 148 cm³/mol. The molecule has 0 aromatic carbocycles. The summed E-state index contributed by atoms with van der Waals surface area (Å²) in [6.07, 6.45) is 2.06. The van der Waals surface area contributed by atoms with Gasteiger partial charge in [-0.25, -0.2) is 6.29 Å². The first-order valence-electron chi connectivity index (χ1n) is 14.4. The van der Waals surface area contributed by atoms with Crippen LogP contribution in [0.4, 0.5) is 13.2 Å². The molecule has 2 atom stereocenters. The molecule has 7 N–H and O–H groups in total. The number of aromatic nitrogens is 1. The Balaban J connectivity index is -0.000000569. The van der Waals surface area contributed by atoms with Crippen molar-refractivity contribution in [3.8, 4) is 0 Å². The summed E-state index contributed by atoms with van der Waals surface area (Å²) in [5, 5.41) is 29.7. The molecular weight excluding hydrogens is 684 g/mol. The average molecular weight is 730 g/mol. The summed E-state index contributed by atoms with van der Waals surface area (Å²) in [6, 6.07) is 4.97. The molecule has 0 radical (unpaired) electrons. The van der Waals surface area contributed by atoms with E-state index >= 15 is 0 Å². The van der Waals surface area contributed by atoms with E-state index in [1.165, 1.54) is 0 Å². The van der Waals surface area contributed by atoms with Gasteiger partial charge in [-0.15, -0.1) is 0 Å². The van der Waals surface area contributed by atoms with Gasteiger partial charge in [0.25, 0.3) is 0 Å². The van der Waals surface area contributed by atoms with E-state index in [2.05, 4.69) is 27.6 Å². The Hall–Kier alpha value is 0.0527. The number of fused-ring (bicyclic) bond motifs is 2. The Morgan fingerprint density at radius 2 is 1.32 bits per heavy atom. The molecule has 19 heteroatoms. The van der Waals surface area contributed by atoms with Crippen molar-refractivity contribution in [2.75, 3.05) is 46.3 Å². The maximum Gasteiger partial charge on any atom is 1.00 e. The zero-order chi connectivity index (χ0) is 33.7. The van der Waals surface area contributed by atoms with Crippen molar-refractivity contribution in [1.82, 2.24) is 19.7 Å². The summed E-state index contributed by atoms with van der Waals surface area (Å²) in [5.74, 6) is -5.12. The van der Waals surface area contributed by atoms with Gasteiger partial charge in [0.1, 0.15) is 5.97 Å². The number of rotatable bonds is 12. The number of hydrogen-bond acceptors (Lipinski definition) is 12. The van der Waals surface area contributed by atoms with Crippen LogP contribution in [0, 0.1) is 0 Å². The molecule has 2 rings (SSSR count). The number of carboxylic acids is 3. The van der Waals surface area contributed by atoms with E-state index < -0.39 is 30.1 Å². The molecule has 2 unspecified atom stereocenters. The summed E-state index contributed by atoms with van der Waals surface area (Å²) in [5.41, 5.74) is 9.47. The number of alkyl halides is 3. The molecule has 0 amide bonds. The third-order valence-electron chi connectivity index (χ3n) is 6.61.